The van der Waals surface area contributed by atoms with Crippen molar-refractivity contribution < 1.29 is 9.47 Å². The Morgan fingerprint density at radius 3 is 2.14 bits per heavy atom. The van der Waals surface area contributed by atoms with E-state index in [1.165, 1.54) is 11.1 Å². The van der Waals surface area contributed by atoms with E-state index in [0.29, 0.717) is 23.9 Å². The SMILES string of the molecule is COc1ccc(-c2nnn(Cc3ccc(-c4ccccc4)cc3)n2)cc1OC. The minimum Gasteiger partial charge on any atom is -0.493 e. The highest BCUT2D eigenvalue weighted by molar-refractivity contribution is 5.63. The number of benzene rings is 3. The Morgan fingerprint density at radius 1 is 0.750 bits per heavy atom. The molecule has 0 radical (unpaired) electrons. The molecule has 4 rings (SSSR count). The Morgan fingerprint density at radius 2 is 1.43 bits per heavy atom. The average molecular weight is 372 g/mol. The van der Waals surface area contributed by atoms with Crippen LogP contribution in [-0.2, 0) is 6.54 Å². The van der Waals surface area contributed by atoms with Crippen molar-refractivity contribution in [1.82, 2.24) is 20.2 Å². The van der Waals surface area contributed by atoms with Gasteiger partial charge in [0.25, 0.3) is 0 Å². The predicted octanol–water partition coefficient (Wildman–Crippen LogP) is 4.07. The van der Waals surface area contributed by atoms with Crippen LogP contribution in [0.3, 0.4) is 0 Å². The maximum Gasteiger partial charge on any atom is 0.205 e. The van der Waals surface area contributed by atoms with E-state index in [4.69, 9.17) is 9.47 Å². The zero-order valence-corrected chi connectivity index (χ0v) is 15.7. The van der Waals surface area contributed by atoms with Gasteiger partial charge in [-0.1, -0.05) is 54.6 Å². The molecule has 0 bridgehead atoms. The number of rotatable bonds is 6. The monoisotopic (exact) mass is 372 g/mol. The van der Waals surface area contributed by atoms with Gasteiger partial charge in [-0.05, 0) is 40.1 Å². The van der Waals surface area contributed by atoms with E-state index in [9.17, 15) is 0 Å². The molecule has 0 N–H and O–H groups in total. The van der Waals surface area contributed by atoms with Crippen molar-refractivity contribution in [1.29, 1.82) is 0 Å². The van der Waals surface area contributed by atoms with Crippen molar-refractivity contribution >= 4 is 0 Å². The molecule has 0 atom stereocenters. The van der Waals surface area contributed by atoms with Crippen molar-refractivity contribution in [3.8, 4) is 34.0 Å². The molecule has 3 aromatic carbocycles. The lowest BCUT2D eigenvalue weighted by Gasteiger charge is -2.07. The Bertz CT molecular complexity index is 1060. The summed E-state index contributed by atoms with van der Waals surface area (Å²) in [5.41, 5.74) is 4.31. The summed E-state index contributed by atoms with van der Waals surface area (Å²) in [5, 5.41) is 12.8. The van der Waals surface area contributed by atoms with Gasteiger partial charge in [0, 0.05) is 5.56 Å². The molecule has 0 spiro atoms. The molecule has 1 heterocycles. The van der Waals surface area contributed by atoms with Crippen LogP contribution in [0.1, 0.15) is 5.56 Å². The highest BCUT2D eigenvalue weighted by Gasteiger charge is 2.11. The molecule has 4 aromatic rings. The summed E-state index contributed by atoms with van der Waals surface area (Å²) < 4.78 is 10.6. The van der Waals surface area contributed by atoms with Gasteiger partial charge in [-0.2, -0.15) is 4.80 Å². The maximum absolute atomic E-state index is 5.34. The quantitative estimate of drug-likeness (QED) is 0.510. The van der Waals surface area contributed by atoms with E-state index in [1.807, 2.05) is 36.4 Å². The van der Waals surface area contributed by atoms with E-state index in [0.717, 1.165) is 11.1 Å². The summed E-state index contributed by atoms with van der Waals surface area (Å²) in [4.78, 5) is 1.59. The first-order chi connectivity index (χ1) is 13.8. The second-order valence-corrected chi connectivity index (χ2v) is 6.28. The van der Waals surface area contributed by atoms with Gasteiger partial charge in [-0.15, -0.1) is 10.2 Å². The van der Waals surface area contributed by atoms with Crippen molar-refractivity contribution in [2.45, 2.75) is 6.54 Å². The first-order valence-corrected chi connectivity index (χ1v) is 8.91. The van der Waals surface area contributed by atoms with Crippen molar-refractivity contribution in [3.05, 3.63) is 78.4 Å². The molecule has 0 saturated heterocycles. The van der Waals surface area contributed by atoms with E-state index in [-0.39, 0.29) is 0 Å². The fourth-order valence-corrected chi connectivity index (χ4v) is 3.00. The zero-order valence-electron chi connectivity index (χ0n) is 15.7. The lowest BCUT2D eigenvalue weighted by atomic mass is 10.0. The highest BCUT2D eigenvalue weighted by atomic mass is 16.5. The largest absolute Gasteiger partial charge is 0.493 e. The highest BCUT2D eigenvalue weighted by Crippen LogP contribution is 2.30. The van der Waals surface area contributed by atoms with Gasteiger partial charge >= 0.3 is 0 Å². The number of hydrogen-bond donors (Lipinski definition) is 0. The second-order valence-electron chi connectivity index (χ2n) is 6.28. The van der Waals surface area contributed by atoms with Crippen molar-refractivity contribution in [3.63, 3.8) is 0 Å². The molecular formula is C22H20N4O2. The first-order valence-electron chi connectivity index (χ1n) is 8.91. The molecule has 0 aliphatic rings. The van der Waals surface area contributed by atoms with Crippen LogP contribution < -0.4 is 9.47 Å². The second kappa shape index (κ2) is 7.92. The average Bonchev–Trinajstić information content (AvgIpc) is 3.23. The van der Waals surface area contributed by atoms with E-state index >= 15 is 0 Å². The molecule has 0 aliphatic heterocycles. The van der Waals surface area contributed by atoms with Crippen LogP contribution in [0.25, 0.3) is 22.5 Å². The van der Waals surface area contributed by atoms with E-state index in [2.05, 4.69) is 51.8 Å². The van der Waals surface area contributed by atoms with Gasteiger partial charge < -0.3 is 9.47 Å². The minimum absolute atomic E-state index is 0.543. The van der Waals surface area contributed by atoms with Gasteiger partial charge in [0.15, 0.2) is 11.5 Å². The van der Waals surface area contributed by atoms with Gasteiger partial charge in [-0.3, -0.25) is 0 Å². The molecule has 6 nitrogen and oxygen atoms in total. The number of aromatic nitrogens is 4. The maximum atomic E-state index is 5.34. The fourth-order valence-electron chi connectivity index (χ4n) is 3.00. The Hall–Kier alpha value is -3.67. The lowest BCUT2D eigenvalue weighted by molar-refractivity contribution is 0.355. The third kappa shape index (κ3) is 3.71. The van der Waals surface area contributed by atoms with Crippen molar-refractivity contribution in [2.75, 3.05) is 14.2 Å². The number of ether oxygens (including phenoxy) is 2. The first kappa shape index (κ1) is 17.7. The number of nitrogens with zero attached hydrogens (tertiary/aromatic N) is 4. The molecule has 0 unspecified atom stereocenters. The predicted molar refractivity (Wildman–Crippen MR) is 107 cm³/mol. The van der Waals surface area contributed by atoms with Crippen LogP contribution in [-0.4, -0.2) is 34.4 Å². The standard InChI is InChI=1S/C22H20N4O2/c1-27-20-13-12-19(14-21(20)28-2)22-23-25-26(24-22)15-16-8-10-18(11-9-16)17-6-4-3-5-7-17/h3-14H,15H2,1-2H3. The molecule has 140 valence electrons. The summed E-state index contributed by atoms with van der Waals surface area (Å²) >= 11 is 0. The van der Waals surface area contributed by atoms with Crippen LogP contribution in [0.2, 0.25) is 0 Å². The minimum atomic E-state index is 0.543. The molecular weight excluding hydrogens is 352 g/mol. The van der Waals surface area contributed by atoms with Gasteiger partial charge in [0.05, 0.1) is 20.8 Å². The summed E-state index contributed by atoms with van der Waals surface area (Å²) in [6.45, 7) is 0.551. The smallest absolute Gasteiger partial charge is 0.205 e. The van der Waals surface area contributed by atoms with Crippen LogP contribution in [0.5, 0.6) is 11.5 Å². The van der Waals surface area contributed by atoms with Gasteiger partial charge in [0.1, 0.15) is 0 Å². The summed E-state index contributed by atoms with van der Waals surface area (Å²) in [6, 6.07) is 24.2. The van der Waals surface area contributed by atoms with E-state index in [1.54, 1.807) is 19.0 Å². The molecule has 1 aromatic heterocycles. The molecule has 28 heavy (non-hydrogen) atoms. The van der Waals surface area contributed by atoms with Crippen LogP contribution >= 0.6 is 0 Å². The summed E-state index contributed by atoms with van der Waals surface area (Å²) in [7, 11) is 3.21. The van der Waals surface area contributed by atoms with Crippen LogP contribution in [0.4, 0.5) is 0 Å². The molecule has 6 heteroatoms. The Kier molecular flexibility index (Phi) is 5.01. The zero-order chi connectivity index (χ0) is 19.3. The molecule has 0 saturated carbocycles. The fraction of sp³-hybridized carbons (Fsp3) is 0.136. The van der Waals surface area contributed by atoms with Gasteiger partial charge in [0.2, 0.25) is 5.82 Å². The molecule has 0 aliphatic carbocycles. The van der Waals surface area contributed by atoms with Crippen LogP contribution in [0, 0.1) is 0 Å². The number of hydrogen-bond acceptors (Lipinski definition) is 5. The number of tetrazole rings is 1. The molecule has 0 amide bonds. The lowest BCUT2D eigenvalue weighted by Crippen LogP contribution is -2.04. The van der Waals surface area contributed by atoms with E-state index < -0.39 is 0 Å². The third-order valence-electron chi connectivity index (χ3n) is 4.48. The third-order valence-corrected chi connectivity index (χ3v) is 4.48. The van der Waals surface area contributed by atoms with Gasteiger partial charge in [-0.25, -0.2) is 0 Å². The number of methoxy groups -OCH3 is 2. The Labute approximate surface area is 163 Å². The summed E-state index contributed by atoms with van der Waals surface area (Å²) in [5.74, 6) is 1.84. The molecule has 0 fully saturated rings. The summed E-state index contributed by atoms with van der Waals surface area (Å²) in [6.07, 6.45) is 0. The Balaban J connectivity index is 1.51. The van der Waals surface area contributed by atoms with Crippen molar-refractivity contribution in [2.24, 2.45) is 0 Å². The topological polar surface area (TPSA) is 62.1 Å². The van der Waals surface area contributed by atoms with Crippen LogP contribution in [0.15, 0.2) is 72.8 Å². The normalized spacial score (nSPS) is 10.6.